The monoisotopic (exact) mass is 505 g/mol. The second-order valence-electron chi connectivity index (χ2n) is 10.0. The van der Waals surface area contributed by atoms with E-state index in [1.807, 2.05) is 42.8 Å². The van der Waals surface area contributed by atoms with Gasteiger partial charge in [-0.05, 0) is 58.1 Å². The van der Waals surface area contributed by atoms with Crippen molar-refractivity contribution in [3.8, 4) is 5.75 Å². The van der Waals surface area contributed by atoms with Gasteiger partial charge < -0.3 is 25.2 Å². The van der Waals surface area contributed by atoms with Crippen LogP contribution in [-0.2, 0) is 0 Å². The number of amidine groups is 1. The highest BCUT2D eigenvalue weighted by Crippen LogP contribution is 2.46. The second-order valence-corrected chi connectivity index (χ2v) is 10.0. The molecule has 2 unspecified atom stereocenters. The number of nitrogens with two attached hydrogens (primary N) is 1. The zero-order chi connectivity index (χ0) is 26.7. The Hall–Kier alpha value is -3.55. The number of urea groups is 1. The van der Waals surface area contributed by atoms with Crippen LogP contribution < -0.4 is 10.5 Å². The van der Waals surface area contributed by atoms with Crippen LogP contribution in [0.15, 0.2) is 53.6 Å². The maximum Gasteiger partial charge on any atom is 0.320 e. The van der Waals surface area contributed by atoms with Crippen LogP contribution in [0.2, 0.25) is 0 Å². The lowest BCUT2D eigenvalue weighted by atomic mass is 9.72. The van der Waals surface area contributed by atoms with Crippen molar-refractivity contribution in [1.82, 2.24) is 14.7 Å². The van der Waals surface area contributed by atoms with Gasteiger partial charge in [0.25, 0.3) is 0 Å². The Bertz CT molecular complexity index is 1170. The van der Waals surface area contributed by atoms with E-state index in [9.17, 15) is 9.59 Å². The Balaban J connectivity index is 1.73. The third kappa shape index (κ3) is 4.77. The first kappa shape index (κ1) is 26.5. The highest BCUT2D eigenvalue weighted by atomic mass is 16.5. The van der Waals surface area contributed by atoms with E-state index >= 15 is 0 Å². The summed E-state index contributed by atoms with van der Waals surface area (Å²) in [6.07, 6.45) is 8.17. The van der Waals surface area contributed by atoms with Crippen LogP contribution in [0.1, 0.15) is 69.3 Å². The molecule has 8 heteroatoms. The number of aldehydes is 1. The Morgan fingerprint density at radius 3 is 2.76 bits per heavy atom. The number of ether oxygens (including phenoxy) is 1. The van der Waals surface area contributed by atoms with Crippen LogP contribution in [0.3, 0.4) is 0 Å². The van der Waals surface area contributed by atoms with Crippen molar-refractivity contribution < 1.29 is 14.3 Å². The molecule has 3 aliphatic rings. The topological polar surface area (TPSA) is 91.5 Å². The molecule has 0 aliphatic carbocycles. The number of aliphatic imine (C=N–C) groups is 1. The lowest BCUT2D eigenvalue weighted by Gasteiger charge is -2.52. The van der Waals surface area contributed by atoms with Gasteiger partial charge in [-0.15, -0.1) is 0 Å². The maximum atomic E-state index is 13.3. The Morgan fingerprint density at radius 1 is 1.30 bits per heavy atom. The molecule has 1 aromatic carbocycles. The Labute approximate surface area is 220 Å². The minimum atomic E-state index is -0.291. The van der Waals surface area contributed by atoms with Gasteiger partial charge in [0.2, 0.25) is 0 Å². The van der Waals surface area contributed by atoms with E-state index in [1.165, 1.54) is 0 Å². The third-order valence-corrected chi connectivity index (χ3v) is 8.19. The Morgan fingerprint density at radius 2 is 2.08 bits per heavy atom. The van der Waals surface area contributed by atoms with Crippen molar-refractivity contribution in [2.45, 2.75) is 59.4 Å². The van der Waals surface area contributed by atoms with Crippen LogP contribution in [0.4, 0.5) is 4.79 Å². The molecule has 8 nitrogen and oxygen atoms in total. The van der Waals surface area contributed by atoms with E-state index in [-0.39, 0.29) is 17.5 Å². The first-order valence-electron chi connectivity index (χ1n) is 13.3. The fraction of sp³-hybridized carbons (Fsp3) is 0.483. The molecule has 0 spiro atoms. The molecule has 2 saturated heterocycles. The van der Waals surface area contributed by atoms with Crippen molar-refractivity contribution in [2.75, 3.05) is 26.2 Å². The summed E-state index contributed by atoms with van der Waals surface area (Å²) < 4.78 is 5.89. The van der Waals surface area contributed by atoms with Crippen LogP contribution in [0.25, 0.3) is 5.57 Å². The Kier molecular flexibility index (Phi) is 7.76. The summed E-state index contributed by atoms with van der Waals surface area (Å²) in [6.45, 7) is 15.4. The number of carbonyl (C=O) groups is 2. The largest absolute Gasteiger partial charge is 0.493 e. The number of hydrogen-bond acceptors (Lipinski definition) is 6. The van der Waals surface area contributed by atoms with Crippen LogP contribution in [-0.4, -0.2) is 65.1 Å². The summed E-state index contributed by atoms with van der Waals surface area (Å²) in [5.74, 6) is 1.00. The molecule has 0 aromatic heterocycles. The molecule has 2 atom stereocenters. The first-order chi connectivity index (χ1) is 17.8. The maximum absolute atomic E-state index is 13.3. The molecule has 2 amide bonds. The molecule has 4 rings (SSSR count). The van der Waals surface area contributed by atoms with E-state index in [0.717, 1.165) is 67.6 Å². The average molecular weight is 506 g/mol. The van der Waals surface area contributed by atoms with Gasteiger partial charge in [-0.25, -0.2) is 9.79 Å². The van der Waals surface area contributed by atoms with Crippen molar-refractivity contribution in [2.24, 2.45) is 16.1 Å². The van der Waals surface area contributed by atoms with E-state index in [4.69, 9.17) is 10.5 Å². The van der Waals surface area contributed by atoms with Gasteiger partial charge in [0.1, 0.15) is 17.9 Å². The SMILES string of the molecule is C=C(N1C=CN=C(N)/C1=C(/C)c1ccc(C=O)cc1OCC)C1(CC)CCC2CCN(CC)C(=O)N2C1. The molecular formula is C29H39N5O3. The average Bonchev–Trinajstić information content (AvgIpc) is 2.92. The number of allylic oxidation sites excluding steroid dienone is 1. The van der Waals surface area contributed by atoms with E-state index in [1.54, 1.807) is 18.3 Å². The molecule has 37 heavy (non-hydrogen) atoms. The number of rotatable bonds is 8. The van der Waals surface area contributed by atoms with Gasteiger partial charge in [0, 0.05) is 60.3 Å². The minimum absolute atomic E-state index is 0.128. The quantitative estimate of drug-likeness (QED) is 0.503. The molecule has 2 N–H and O–H groups in total. The second kappa shape index (κ2) is 10.8. The normalized spacial score (nSPS) is 25.0. The predicted molar refractivity (Wildman–Crippen MR) is 147 cm³/mol. The first-order valence-corrected chi connectivity index (χ1v) is 13.3. The van der Waals surface area contributed by atoms with Crippen LogP contribution >= 0.6 is 0 Å². The minimum Gasteiger partial charge on any atom is -0.493 e. The number of amides is 2. The highest BCUT2D eigenvalue weighted by molar-refractivity contribution is 6.05. The molecule has 0 bridgehead atoms. The number of fused-ring (bicyclic) bond motifs is 1. The molecule has 3 heterocycles. The zero-order valence-electron chi connectivity index (χ0n) is 22.5. The summed E-state index contributed by atoms with van der Waals surface area (Å²) in [5.41, 5.74) is 10.1. The van der Waals surface area contributed by atoms with Gasteiger partial charge in [-0.3, -0.25) is 4.79 Å². The fourth-order valence-corrected chi connectivity index (χ4v) is 5.88. The van der Waals surface area contributed by atoms with Gasteiger partial charge in [0.15, 0.2) is 0 Å². The van der Waals surface area contributed by atoms with Crippen molar-refractivity contribution >= 4 is 23.7 Å². The van der Waals surface area contributed by atoms with Crippen LogP contribution in [0, 0.1) is 5.41 Å². The number of hydrogen-bond donors (Lipinski definition) is 1. The third-order valence-electron chi connectivity index (χ3n) is 8.19. The van der Waals surface area contributed by atoms with Gasteiger partial charge in [0.05, 0.1) is 12.3 Å². The number of piperidine rings is 1. The summed E-state index contributed by atoms with van der Waals surface area (Å²) in [6, 6.07) is 5.82. The molecule has 2 fully saturated rings. The molecule has 1 aromatic rings. The van der Waals surface area contributed by atoms with Gasteiger partial charge in [-0.1, -0.05) is 25.6 Å². The van der Waals surface area contributed by atoms with Gasteiger partial charge >= 0.3 is 6.03 Å². The summed E-state index contributed by atoms with van der Waals surface area (Å²) in [5, 5.41) is 0. The highest BCUT2D eigenvalue weighted by Gasteiger charge is 2.46. The lowest BCUT2D eigenvalue weighted by molar-refractivity contribution is 0.0303. The smallest absolute Gasteiger partial charge is 0.320 e. The van der Waals surface area contributed by atoms with E-state index < -0.39 is 0 Å². The summed E-state index contributed by atoms with van der Waals surface area (Å²) in [7, 11) is 0. The lowest BCUT2D eigenvalue weighted by Crippen LogP contribution is -2.60. The predicted octanol–water partition coefficient (Wildman–Crippen LogP) is 4.99. The number of benzene rings is 1. The van der Waals surface area contributed by atoms with Crippen molar-refractivity contribution in [3.63, 3.8) is 0 Å². The van der Waals surface area contributed by atoms with Gasteiger partial charge in [-0.2, -0.15) is 0 Å². The summed E-state index contributed by atoms with van der Waals surface area (Å²) >= 11 is 0. The van der Waals surface area contributed by atoms with Crippen molar-refractivity contribution in [1.29, 1.82) is 0 Å². The number of carbonyl (C=O) groups excluding carboxylic acids is 2. The van der Waals surface area contributed by atoms with E-state index in [2.05, 4.69) is 23.4 Å². The van der Waals surface area contributed by atoms with Crippen molar-refractivity contribution in [3.05, 3.63) is 59.7 Å². The van der Waals surface area contributed by atoms with E-state index in [0.29, 0.717) is 30.3 Å². The fourth-order valence-electron chi connectivity index (χ4n) is 5.88. The number of nitrogens with zero attached hydrogens (tertiary/aromatic N) is 4. The zero-order valence-corrected chi connectivity index (χ0v) is 22.5. The molecule has 0 saturated carbocycles. The molecule has 198 valence electrons. The molecular weight excluding hydrogens is 466 g/mol. The van der Waals surface area contributed by atoms with Crippen LogP contribution in [0.5, 0.6) is 5.75 Å². The molecule has 3 aliphatic heterocycles. The standard InChI is InChI=1S/C29H39N5O3/c1-6-29(13-11-23-12-15-32(7-2)28(36)34(23)19-29)21(5)33-16-14-31-27(30)26(33)20(4)24-10-9-22(18-35)17-25(24)37-8-3/h9-10,14,16-18,23H,5-8,11-13,15,19H2,1-4H3,(H2,30,31)/b26-20+. The summed E-state index contributed by atoms with van der Waals surface area (Å²) in [4.78, 5) is 35.1. The molecule has 0 radical (unpaired) electrons.